The van der Waals surface area contributed by atoms with Gasteiger partial charge in [0.05, 0.1) is 17.6 Å². The number of nitrogens with zero attached hydrogens (tertiary/aromatic N) is 3. The first-order valence-corrected chi connectivity index (χ1v) is 10.5. The van der Waals surface area contributed by atoms with Crippen LogP contribution in [0.5, 0.6) is 0 Å². The predicted molar refractivity (Wildman–Crippen MR) is 103 cm³/mol. The SMILES string of the molecule is CCCCS(=O)(=O)Nc1c(C(=O)N(CC)CC)cnn1-c1ccccc1. The smallest absolute Gasteiger partial charge is 0.259 e. The molecular formula is C18H26N4O3S. The molecule has 0 bridgehead atoms. The molecule has 0 aliphatic heterocycles. The molecule has 0 radical (unpaired) electrons. The second-order valence-corrected chi connectivity index (χ2v) is 7.75. The number of benzene rings is 1. The number of para-hydroxylation sites is 1. The van der Waals surface area contributed by atoms with Crippen LogP contribution >= 0.6 is 0 Å². The number of hydrogen-bond donors (Lipinski definition) is 1. The molecule has 8 heteroatoms. The highest BCUT2D eigenvalue weighted by atomic mass is 32.2. The van der Waals surface area contributed by atoms with Gasteiger partial charge in [-0.2, -0.15) is 5.10 Å². The first-order chi connectivity index (χ1) is 12.4. The molecule has 0 spiro atoms. The molecule has 0 unspecified atom stereocenters. The van der Waals surface area contributed by atoms with Crippen molar-refractivity contribution in [2.75, 3.05) is 23.6 Å². The maximum Gasteiger partial charge on any atom is 0.259 e. The molecule has 0 saturated heterocycles. The predicted octanol–water partition coefficient (Wildman–Crippen LogP) is 2.90. The van der Waals surface area contributed by atoms with E-state index in [1.165, 1.54) is 10.9 Å². The summed E-state index contributed by atoms with van der Waals surface area (Å²) in [7, 11) is -3.57. The van der Waals surface area contributed by atoms with Gasteiger partial charge < -0.3 is 4.90 Å². The topological polar surface area (TPSA) is 84.3 Å². The van der Waals surface area contributed by atoms with Crippen LogP contribution in [0, 0.1) is 0 Å². The van der Waals surface area contributed by atoms with Crippen LogP contribution < -0.4 is 4.72 Å². The molecule has 0 aliphatic rings. The first-order valence-electron chi connectivity index (χ1n) is 8.86. The molecule has 1 amide bonds. The monoisotopic (exact) mass is 378 g/mol. The Labute approximate surface area is 155 Å². The molecule has 1 aromatic carbocycles. The van der Waals surface area contributed by atoms with E-state index < -0.39 is 10.0 Å². The lowest BCUT2D eigenvalue weighted by atomic mass is 10.2. The molecule has 0 aliphatic carbocycles. The minimum atomic E-state index is -3.57. The Morgan fingerprint density at radius 2 is 1.81 bits per heavy atom. The van der Waals surface area contributed by atoms with E-state index >= 15 is 0 Å². The van der Waals surface area contributed by atoms with E-state index in [2.05, 4.69) is 9.82 Å². The zero-order chi connectivity index (χ0) is 19.2. The van der Waals surface area contributed by atoms with Gasteiger partial charge in [0.1, 0.15) is 5.56 Å². The van der Waals surface area contributed by atoms with Crippen LogP contribution in [-0.2, 0) is 10.0 Å². The highest BCUT2D eigenvalue weighted by Gasteiger charge is 2.25. The molecule has 1 heterocycles. The fourth-order valence-electron chi connectivity index (χ4n) is 2.58. The third-order valence-corrected chi connectivity index (χ3v) is 5.40. The molecule has 0 fully saturated rings. The Kier molecular flexibility index (Phi) is 6.79. The molecule has 142 valence electrons. The van der Waals surface area contributed by atoms with E-state index in [0.717, 1.165) is 6.42 Å². The summed E-state index contributed by atoms with van der Waals surface area (Å²) >= 11 is 0. The number of aromatic nitrogens is 2. The Morgan fingerprint density at radius 1 is 1.15 bits per heavy atom. The number of carbonyl (C=O) groups excluding carboxylic acids is 1. The van der Waals surface area contributed by atoms with Crippen LogP contribution in [0.3, 0.4) is 0 Å². The van der Waals surface area contributed by atoms with Gasteiger partial charge in [0.2, 0.25) is 10.0 Å². The van der Waals surface area contributed by atoms with Gasteiger partial charge in [0, 0.05) is 13.1 Å². The van der Waals surface area contributed by atoms with Crippen molar-refractivity contribution in [3.05, 3.63) is 42.1 Å². The van der Waals surface area contributed by atoms with Crippen molar-refractivity contribution in [3.63, 3.8) is 0 Å². The summed E-state index contributed by atoms with van der Waals surface area (Å²) in [6.07, 6.45) is 2.74. The number of hydrogen-bond acceptors (Lipinski definition) is 4. The fraction of sp³-hybridized carbons (Fsp3) is 0.444. The van der Waals surface area contributed by atoms with Gasteiger partial charge in [0.15, 0.2) is 5.82 Å². The van der Waals surface area contributed by atoms with E-state index in [-0.39, 0.29) is 23.0 Å². The van der Waals surface area contributed by atoms with Crippen LogP contribution in [0.1, 0.15) is 44.0 Å². The third-order valence-electron chi connectivity index (χ3n) is 4.07. The lowest BCUT2D eigenvalue weighted by molar-refractivity contribution is 0.0774. The fourth-order valence-corrected chi connectivity index (χ4v) is 3.84. The average Bonchev–Trinajstić information content (AvgIpc) is 3.04. The van der Waals surface area contributed by atoms with Crippen molar-refractivity contribution in [2.24, 2.45) is 0 Å². The van der Waals surface area contributed by atoms with Gasteiger partial charge >= 0.3 is 0 Å². The summed E-state index contributed by atoms with van der Waals surface area (Å²) < 4.78 is 28.9. The Morgan fingerprint density at radius 3 is 2.38 bits per heavy atom. The van der Waals surface area contributed by atoms with Crippen molar-refractivity contribution in [1.29, 1.82) is 0 Å². The van der Waals surface area contributed by atoms with E-state index in [1.807, 2.05) is 51.1 Å². The van der Waals surface area contributed by atoms with Gasteiger partial charge in [-0.05, 0) is 32.4 Å². The summed E-state index contributed by atoms with van der Waals surface area (Å²) in [6.45, 7) is 6.77. The van der Waals surface area contributed by atoms with Gasteiger partial charge in [-0.1, -0.05) is 31.5 Å². The second-order valence-electron chi connectivity index (χ2n) is 5.91. The largest absolute Gasteiger partial charge is 0.339 e. The standard InChI is InChI=1S/C18H26N4O3S/c1-4-7-13-26(24,25)20-17-16(18(23)21(5-2)6-3)14-19-22(17)15-11-9-8-10-12-15/h8-12,14,20H,4-7,13H2,1-3H3. The van der Waals surface area contributed by atoms with Crippen molar-refractivity contribution in [1.82, 2.24) is 14.7 Å². The molecule has 7 nitrogen and oxygen atoms in total. The summed E-state index contributed by atoms with van der Waals surface area (Å²) in [5, 5.41) is 4.27. The lowest BCUT2D eigenvalue weighted by Gasteiger charge is -2.19. The van der Waals surface area contributed by atoms with E-state index in [4.69, 9.17) is 0 Å². The minimum Gasteiger partial charge on any atom is -0.339 e. The maximum absolute atomic E-state index is 12.8. The average molecular weight is 378 g/mol. The number of sulfonamides is 1. The maximum atomic E-state index is 12.8. The van der Waals surface area contributed by atoms with E-state index in [0.29, 0.717) is 25.2 Å². The number of rotatable bonds is 9. The van der Waals surface area contributed by atoms with Crippen LogP contribution in [0.15, 0.2) is 36.5 Å². The van der Waals surface area contributed by atoms with Gasteiger partial charge in [-0.3, -0.25) is 9.52 Å². The van der Waals surface area contributed by atoms with Gasteiger partial charge in [0.25, 0.3) is 5.91 Å². The number of amides is 1. The zero-order valence-electron chi connectivity index (χ0n) is 15.5. The van der Waals surface area contributed by atoms with Gasteiger partial charge in [-0.15, -0.1) is 0 Å². The molecule has 2 rings (SSSR count). The third kappa shape index (κ3) is 4.63. The zero-order valence-corrected chi connectivity index (χ0v) is 16.3. The summed E-state index contributed by atoms with van der Waals surface area (Å²) in [4.78, 5) is 14.4. The Hall–Kier alpha value is -2.35. The molecule has 1 aromatic heterocycles. The summed E-state index contributed by atoms with van der Waals surface area (Å²) in [5.74, 6) is -0.0582. The van der Waals surface area contributed by atoms with Crippen molar-refractivity contribution < 1.29 is 13.2 Å². The van der Waals surface area contributed by atoms with Crippen LogP contribution in [0.2, 0.25) is 0 Å². The number of unbranched alkanes of at least 4 members (excludes halogenated alkanes) is 1. The van der Waals surface area contributed by atoms with Crippen LogP contribution in [-0.4, -0.2) is 47.8 Å². The highest BCUT2D eigenvalue weighted by molar-refractivity contribution is 7.92. The number of anilines is 1. The molecule has 26 heavy (non-hydrogen) atoms. The van der Waals surface area contributed by atoms with Crippen molar-refractivity contribution in [3.8, 4) is 5.69 Å². The van der Waals surface area contributed by atoms with E-state index in [9.17, 15) is 13.2 Å². The van der Waals surface area contributed by atoms with Crippen molar-refractivity contribution >= 4 is 21.7 Å². The van der Waals surface area contributed by atoms with Crippen molar-refractivity contribution in [2.45, 2.75) is 33.6 Å². The second kappa shape index (κ2) is 8.84. The number of nitrogens with one attached hydrogen (secondary N) is 1. The molecule has 2 aromatic rings. The summed E-state index contributed by atoms with van der Waals surface area (Å²) in [6, 6.07) is 9.14. The molecule has 0 atom stereocenters. The Balaban J connectivity index is 2.50. The van der Waals surface area contributed by atoms with E-state index in [1.54, 1.807) is 4.90 Å². The summed E-state index contributed by atoms with van der Waals surface area (Å²) in [5.41, 5.74) is 0.928. The molecular weight excluding hydrogens is 352 g/mol. The molecule has 0 saturated carbocycles. The molecule has 1 N–H and O–H groups in total. The number of carbonyl (C=O) groups is 1. The Bertz CT molecular complexity index is 827. The highest BCUT2D eigenvalue weighted by Crippen LogP contribution is 2.23. The van der Waals surface area contributed by atoms with Crippen LogP contribution in [0.25, 0.3) is 5.69 Å². The quantitative estimate of drug-likeness (QED) is 0.727. The normalized spacial score (nSPS) is 11.3. The van der Waals surface area contributed by atoms with Gasteiger partial charge in [-0.25, -0.2) is 13.1 Å². The first kappa shape index (κ1) is 20.0. The lowest BCUT2D eigenvalue weighted by Crippen LogP contribution is -2.31. The minimum absolute atomic E-state index is 0.00235. The van der Waals surface area contributed by atoms with Crippen LogP contribution in [0.4, 0.5) is 5.82 Å².